The molecule has 2 N–H and O–H groups in total. The molecule has 4 heteroatoms. The van der Waals surface area contributed by atoms with E-state index >= 15 is 0 Å². The number of hydrogen-bond acceptors (Lipinski definition) is 2. The molecule has 1 aromatic carbocycles. The van der Waals surface area contributed by atoms with Crippen molar-refractivity contribution in [2.75, 3.05) is 6.54 Å². The van der Waals surface area contributed by atoms with Crippen LogP contribution in [0.3, 0.4) is 0 Å². The van der Waals surface area contributed by atoms with Crippen molar-refractivity contribution in [2.45, 2.75) is 6.54 Å². The van der Waals surface area contributed by atoms with Gasteiger partial charge in [0.05, 0.1) is 0 Å². The summed E-state index contributed by atoms with van der Waals surface area (Å²) in [6.45, 7) is 1.37. The van der Waals surface area contributed by atoms with E-state index < -0.39 is 0 Å². The molecule has 0 aliphatic heterocycles. The molecule has 0 fully saturated rings. The zero-order valence-electron chi connectivity index (χ0n) is 8.23. The van der Waals surface area contributed by atoms with Gasteiger partial charge in [-0.1, -0.05) is 23.7 Å². The predicted molar refractivity (Wildman–Crippen MR) is 61.7 cm³/mol. The summed E-state index contributed by atoms with van der Waals surface area (Å²) < 4.78 is 2.02. The molecule has 3 nitrogen and oxygen atoms in total. The van der Waals surface area contributed by atoms with Gasteiger partial charge in [0.1, 0.15) is 5.82 Å². The van der Waals surface area contributed by atoms with Crippen molar-refractivity contribution in [1.82, 2.24) is 9.55 Å². The molecule has 0 saturated carbocycles. The lowest BCUT2D eigenvalue weighted by Crippen LogP contribution is -2.10. The summed E-state index contributed by atoms with van der Waals surface area (Å²) in [7, 11) is 0. The number of nitrogens with two attached hydrogens (primary N) is 1. The molecule has 2 aromatic rings. The molecule has 0 aliphatic carbocycles. The number of aromatic nitrogens is 2. The molecule has 2 rings (SSSR count). The van der Waals surface area contributed by atoms with Crippen LogP contribution in [0.5, 0.6) is 0 Å². The molecular formula is C11H12ClN3. The van der Waals surface area contributed by atoms with Crippen LogP contribution in [0.2, 0.25) is 5.02 Å². The van der Waals surface area contributed by atoms with E-state index in [2.05, 4.69) is 4.98 Å². The van der Waals surface area contributed by atoms with E-state index in [1.165, 1.54) is 0 Å². The fourth-order valence-corrected chi connectivity index (χ4v) is 1.71. The van der Waals surface area contributed by atoms with Crippen LogP contribution in [0.4, 0.5) is 0 Å². The highest BCUT2D eigenvalue weighted by Gasteiger charge is 2.04. The summed E-state index contributed by atoms with van der Waals surface area (Å²) in [5, 5.41) is 0.717. The zero-order chi connectivity index (χ0) is 10.7. The highest BCUT2D eigenvalue weighted by Crippen LogP contribution is 2.20. The molecular weight excluding hydrogens is 210 g/mol. The van der Waals surface area contributed by atoms with Crippen LogP contribution in [0.15, 0.2) is 36.7 Å². The third-order valence-electron chi connectivity index (χ3n) is 2.17. The lowest BCUT2D eigenvalue weighted by molar-refractivity contribution is 0.715. The van der Waals surface area contributed by atoms with Gasteiger partial charge in [-0.25, -0.2) is 4.98 Å². The summed E-state index contributed by atoms with van der Waals surface area (Å²) in [4.78, 5) is 4.29. The smallest absolute Gasteiger partial charge is 0.139 e. The van der Waals surface area contributed by atoms with E-state index in [1.807, 2.05) is 35.0 Å². The highest BCUT2D eigenvalue weighted by molar-refractivity contribution is 6.30. The monoisotopic (exact) mass is 221 g/mol. The number of rotatable bonds is 3. The summed E-state index contributed by atoms with van der Waals surface area (Å²) >= 11 is 5.93. The van der Waals surface area contributed by atoms with Gasteiger partial charge in [0.2, 0.25) is 0 Å². The molecule has 78 valence electrons. The Labute approximate surface area is 93.5 Å². The largest absolute Gasteiger partial charge is 0.330 e. The highest BCUT2D eigenvalue weighted by atomic mass is 35.5. The van der Waals surface area contributed by atoms with Crippen molar-refractivity contribution in [3.63, 3.8) is 0 Å². The fourth-order valence-electron chi connectivity index (χ4n) is 1.52. The Hall–Kier alpha value is -1.32. The summed E-state index contributed by atoms with van der Waals surface area (Å²) in [5.41, 5.74) is 6.54. The fraction of sp³-hybridized carbons (Fsp3) is 0.182. The molecule has 0 amide bonds. The van der Waals surface area contributed by atoms with E-state index in [1.54, 1.807) is 6.20 Å². The Morgan fingerprint density at radius 3 is 3.00 bits per heavy atom. The predicted octanol–water partition coefficient (Wildman–Crippen LogP) is 2.16. The van der Waals surface area contributed by atoms with Gasteiger partial charge in [-0.05, 0) is 12.1 Å². The van der Waals surface area contributed by atoms with E-state index in [4.69, 9.17) is 17.3 Å². The van der Waals surface area contributed by atoms with Gasteiger partial charge in [-0.2, -0.15) is 0 Å². The second-order valence-electron chi connectivity index (χ2n) is 3.24. The first-order chi connectivity index (χ1) is 7.31. The number of nitrogens with zero attached hydrogens (tertiary/aromatic N) is 2. The lowest BCUT2D eigenvalue weighted by Gasteiger charge is -2.06. The molecule has 15 heavy (non-hydrogen) atoms. The van der Waals surface area contributed by atoms with Crippen molar-refractivity contribution < 1.29 is 0 Å². The van der Waals surface area contributed by atoms with E-state index in [9.17, 15) is 0 Å². The molecule has 0 saturated heterocycles. The normalized spacial score (nSPS) is 10.5. The topological polar surface area (TPSA) is 43.8 Å². The maximum Gasteiger partial charge on any atom is 0.139 e. The molecule has 0 unspecified atom stereocenters. The van der Waals surface area contributed by atoms with Crippen molar-refractivity contribution in [1.29, 1.82) is 0 Å². The minimum absolute atomic E-state index is 0.601. The van der Waals surface area contributed by atoms with Crippen molar-refractivity contribution >= 4 is 11.6 Å². The maximum atomic E-state index is 5.93. The number of imidazole rings is 1. The van der Waals surface area contributed by atoms with Gasteiger partial charge in [-0.15, -0.1) is 0 Å². The zero-order valence-corrected chi connectivity index (χ0v) is 8.98. The standard InChI is InChI=1S/C11H12ClN3/c12-10-3-1-2-9(8-10)11-14-5-7-15(11)6-4-13/h1-3,5,7-8H,4,6,13H2. The van der Waals surface area contributed by atoms with Crippen LogP contribution < -0.4 is 5.73 Å². The number of hydrogen-bond donors (Lipinski definition) is 1. The Balaban J connectivity index is 2.40. The van der Waals surface area contributed by atoms with Crippen LogP contribution >= 0.6 is 11.6 Å². The van der Waals surface area contributed by atoms with Crippen molar-refractivity contribution in [3.8, 4) is 11.4 Å². The van der Waals surface area contributed by atoms with Crippen LogP contribution in [-0.2, 0) is 6.54 Å². The minimum atomic E-state index is 0.601. The summed E-state index contributed by atoms with van der Waals surface area (Å²) in [6.07, 6.45) is 3.69. The van der Waals surface area contributed by atoms with Gasteiger partial charge in [0, 0.05) is 36.1 Å². The van der Waals surface area contributed by atoms with Crippen molar-refractivity contribution in [2.24, 2.45) is 5.73 Å². The Morgan fingerprint density at radius 2 is 2.27 bits per heavy atom. The van der Waals surface area contributed by atoms with Gasteiger partial charge >= 0.3 is 0 Å². The second kappa shape index (κ2) is 4.47. The average molecular weight is 222 g/mol. The average Bonchev–Trinajstić information content (AvgIpc) is 2.66. The molecule has 0 atom stereocenters. The van der Waals surface area contributed by atoms with Gasteiger partial charge < -0.3 is 10.3 Å². The van der Waals surface area contributed by atoms with E-state index in [0.717, 1.165) is 23.0 Å². The van der Waals surface area contributed by atoms with Crippen molar-refractivity contribution in [3.05, 3.63) is 41.7 Å². The number of halogens is 1. The Bertz CT molecular complexity index is 451. The van der Waals surface area contributed by atoms with Crippen LogP contribution in [0, 0.1) is 0 Å². The SMILES string of the molecule is NCCn1ccnc1-c1cccc(Cl)c1. The third-order valence-corrected chi connectivity index (χ3v) is 2.40. The van der Waals surface area contributed by atoms with E-state index in [-0.39, 0.29) is 0 Å². The quantitative estimate of drug-likeness (QED) is 0.863. The van der Waals surface area contributed by atoms with Crippen LogP contribution in [0.1, 0.15) is 0 Å². The summed E-state index contributed by atoms with van der Waals surface area (Å²) in [5.74, 6) is 0.906. The van der Waals surface area contributed by atoms with Crippen LogP contribution in [-0.4, -0.2) is 16.1 Å². The first-order valence-electron chi connectivity index (χ1n) is 4.78. The maximum absolute atomic E-state index is 5.93. The lowest BCUT2D eigenvalue weighted by atomic mass is 10.2. The van der Waals surface area contributed by atoms with Crippen LogP contribution in [0.25, 0.3) is 11.4 Å². The third kappa shape index (κ3) is 2.19. The van der Waals surface area contributed by atoms with Gasteiger partial charge in [-0.3, -0.25) is 0 Å². The molecule has 0 radical (unpaired) electrons. The molecule has 0 aliphatic rings. The second-order valence-corrected chi connectivity index (χ2v) is 3.68. The Kier molecular flexibility index (Phi) is 3.04. The minimum Gasteiger partial charge on any atom is -0.330 e. The molecule has 1 aromatic heterocycles. The molecule has 0 bridgehead atoms. The van der Waals surface area contributed by atoms with E-state index in [0.29, 0.717) is 6.54 Å². The molecule has 0 spiro atoms. The van der Waals surface area contributed by atoms with Gasteiger partial charge in [0.25, 0.3) is 0 Å². The first kappa shape index (κ1) is 10.2. The summed E-state index contributed by atoms with van der Waals surface area (Å²) in [6, 6.07) is 7.65. The molecule has 1 heterocycles. The van der Waals surface area contributed by atoms with Gasteiger partial charge in [0.15, 0.2) is 0 Å². The number of benzene rings is 1. The first-order valence-corrected chi connectivity index (χ1v) is 5.16. The Morgan fingerprint density at radius 1 is 1.40 bits per heavy atom.